The molecule has 4 nitrogen and oxygen atoms in total. The zero-order valence-electron chi connectivity index (χ0n) is 34.0. The van der Waals surface area contributed by atoms with Gasteiger partial charge >= 0.3 is 0 Å². The van der Waals surface area contributed by atoms with E-state index < -0.39 is 0 Å². The van der Waals surface area contributed by atoms with E-state index >= 15 is 0 Å². The molecule has 0 saturated carbocycles. The predicted molar refractivity (Wildman–Crippen MR) is 255 cm³/mol. The van der Waals surface area contributed by atoms with Crippen LogP contribution in [0.2, 0.25) is 0 Å². The van der Waals surface area contributed by atoms with Gasteiger partial charge in [-0.3, -0.25) is 0 Å². The van der Waals surface area contributed by atoms with Crippen LogP contribution in [-0.4, -0.2) is 6.04 Å². The van der Waals surface area contributed by atoms with Crippen LogP contribution in [-0.2, 0) is 0 Å². The number of hydrogen-bond donors (Lipinski definition) is 0. The van der Waals surface area contributed by atoms with Crippen molar-refractivity contribution in [3.8, 4) is 12.3 Å². The van der Waals surface area contributed by atoms with Gasteiger partial charge in [-0.15, -0.1) is 6.42 Å². The zero-order valence-corrected chi connectivity index (χ0v) is 34.0. The largest absolute Gasteiger partial charge is 0.334 e. The lowest BCUT2D eigenvalue weighted by atomic mass is 9.92. The number of para-hydroxylation sites is 5. The van der Waals surface area contributed by atoms with Crippen molar-refractivity contribution in [1.29, 1.82) is 0 Å². The lowest BCUT2D eigenvalue weighted by molar-refractivity contribution is 0.604. The van der Waals surface area contributed by atoms with Crippen LogP contribution in [0.25, 0.3) is 0 Å². The van der Waals surface area contributed by atoms with Gasteiger partial charge in [0.2, 0.25) is 0 Å². The highest BCUT2D eigenvalue weighted by Gasteiger charge is 2.28. The first-order chi connectivity index (χ1) is 29.6. The van der Waals surface area contributed by atoms with Gasteiger partial charge in [0.1, 0.15) is 0 Å². The van der Waals surface area contributed by atoms with Gasteiger partial charge in [0.25, 0.3) is 0 Å². The monoisotopic (exact) mass is 776 g/mol. The van der Waals surface area contributed by atoms with Gasteiger partial charge in [-0.25, -0.2) is 0 Å². The molecule has 0 aromatic heterocycles. The lowest BCUT2D eigenvalue weighted by Crippen LogP contribution is -2.36. The first kappa shape index (κ1) is 39.1. The molecule has 1 aliphatic rings. The Morgan fingerprint density at radius 3 is 1.27 bits per heavy atom. The Labute approximate surface area is 355 Å². The molecule has 0 spiro atoms. The standard InChI is InChI=1S/C56H48N4/c1-4-21-45(22-5-2)57(46-23-11-6-12-24-46)51-33-37-53(38-34-51)59(54-39-35-52(36-40-54)58(47-25-13-7-14-26-47)48-27-15-8-16-28-48)55-41-42-56(44(3)43-55)60(49-29-17-9-18-30-49)50-31-19-10-20-32-50/h1,5-44,56H,2-3H3/b22-5-,45-21+. The molecule has 7 aromatic carbocycles. The molecule has 0 N–H and O–H groups in total. The summed E-state index contributed by atoms with van der Waals surface area (Å²) < 4.78 is 0. The number of hydrogen-bond acceptors (Lipinski definition) is 4. The van der Waals surface area contributed by atoms with E-state index in [0.717, 1.165) is 62.6 Å². The smallest absolute Gasteiger partial charge is 0.0586 e. The number of benzene rings is 7. The highest BCUT2D eigenvalue weighted by atomic mass is 15.2. The van der Waals surface area contributed by atoms with Crippen molar-refractivity contribution < 1.29 is 0 Å². The van der Waals surface area contributed by atoms with Crippen molar-refractivity contribution >= 4 is 51.2 Å². The van der Waals surface area contributed by atoms with Crippen LogP contribution in [0, 0.1) is 18.3 Å². The van der Waals surface area contributed by atoms with Crippen molar-refractivity contribution in [3.05, 3.63) is 248 Å². The van der Waals surface area contributed by atoms with Crippen molar-refractivity contribution in [1.82, 2.24) is 0 Å². The molecule has 0 fully saturated rings. The van der Waals surface area contributed by atoms with E-state index in [0.29, 0.717) is 0 Å². The quantitative estimate of drug-likeness (QED) is 0.0854. The molecule has 4 heteroatoms. The fourth-order valence-electron chi connectivity index (χ4n) is 7.95. The third-order valence-corrected chi connectivity index (χ3v) is 10.7. The number of anilines is 9. The van der Waals surface area contributed by atoms with E-state index in [1.54, 1.807) is 0 Å². The molecule has 2 unspecified atom stereocenters. The first-order valence-electron chi connectivity index (χ1n) is 20.5. The maximum Gasteiger partial charge on any atom is 0.0586 e. The van der Waals surface area contributed by atoms with Crippen LogP contribution in [0.4, 0.5) is 51.2 Å². The Morgan fingerprint density at radius 2 is 0.850 bits per heavy atom. The average Bonchev–Trinajstić information content (AvgIpc) is 3.30. The maximum atomic E-state index is 5.85. The fourth-order valence-corrected chi connectivity index (χ4v) is 7.95. The highest BCUT2D eigenvalue weighted by molar-refractivity contribution is 5.80. The van der Waals surface area contributed by atoms with E-state index in [-0.39, 0.29) is 12.0 Å². The normalized spacial score (nSPS) is 14.9. The van der Waals surface area contributed by atoms with Crippen molar-refractivity contribution in [3.63, 3.8) is 0 Å². The molecule has 2 atom stereocenters. The molecule has 8 rings (SSSR count). The summed E-state index contributed by atoms with van der Waals surface area (Å²) in [6.45, 7) is 4.32. The van der Waals surface area contributed by atoms with Gasteiger partial charge in [-0.1, -0.05) is 122 Å². The molecule has 0 amide bonds. The van der Waals surface area contributed by atoms with Gasteiger partial charge < -0.3 is 19.6 Å². The van der Waals surface area contributed by atoms with Crippen molar-refractivity contribution in [2.45, 2.75) is 19.9 Å². The molecule has 0 saturated heterocycles. The minimum absolute atomic E-state index is 0.0999. The Morgan fingerprint density at radius 1 is 0.483 bits per heavy atom. The summed E-state index contributed by atoms with van der Waals surface area (Å²) in [5, 5.41) is 0. The van der Waals surface area contributed by atoms with E-state index in [2.05, 4.69) is 245 Å². The maximum absolute atomic E-state index is 5.85. The SMILES string of the molecule is C#C/C=C(\C=C/C)N(c1ccccc1)c1ccc(N(C2=CC(C)C(N(c3ccccc3)c3ccccc3)C=C2)c2ccc(N(c3ccccc3)c3ccccc3)cc2)cc1. The Hall–Kier alpha value is -7.74. The minimum Gasteiger partial charge on any atom is -0.334 e. The molecule has 0 bridgehead atoms. The molecule has 292 valence electrons. The molecular weight excluding hydrogens is 729 g/mol. The lowest BCUT2D eigenvalue weighted by Gasteiger charge is -2.38. The van der Waals surface area contributed by atoms with Crippen LogP contribution in [0.3, 0.4) is 0 Å². The van der Waals surface area contributed by atoms with Crippen LogP contribution < -0.4 is 19.6 Å². The van der Waals surface area contributed by atoms with Gasteiger partial charge in [0.05, 0.1) is 11.7 Å². The summed E-state index contributed by atoms with van der Waals surface area (Å²) in [7, 11) is 0. The minimum atomic E-state index is 0.0999. The number of rotatable bonds is 13. The topological polar surface area (TPSA) is 13.0 Å². The molecule has 1 aliphatic carbocycles. The van der Waals surface area contributed by atoms with E-state index in [1.807, 2.05) is 31.2 Å². The highest BCUT2D eigenvalue weighted by Crippen LogP contribution is 2.41. The van der Waals surface area contributed by atoms with Gasteiger partial charge in [-0.2, -0.15) is 0 Å². The molecule has 7 aromatic rings. The van der Waals surface area contributed by atoms with Crippen LogP contribution in [0.15, 0.2) is 248 Å². The first-order valence-corrected chi connectivity index (χ1v) is 20.5. The molecule has 60 heavy (non-hydrogen) atoms. The Balaban J connectivity index is 1.21. The Bertz CT molecular complexity index is 2530. The fraction of sp³-hybridized carbons (Fsp3) is 0.0714. The third kappa shape index (κ3) is 8.57. The average molecular weight is 777 g/mol. The van der Waals surface area contributed by atoms with E-state index in [4.69, 9.17) is 6.42 Å². The molecular formula is C56H48N4. The second-order valence-electron chi connectivity index (χ2n) is 14.6. The van der Waals surface area contributed by atoms with Gasteiger partial charge in [0.15, 0.2) is 0 Å². The van der Waals surface area contributed by atoms with Crippen LogP contribution in [0.5, 0.6) is 0 Å². The van der Waals surface area contributed by atoms with Gasteiger partial charge in [0, 0.05) is 68.9 Å². The second-order valence-corrected chi connectivity index (χ2v) is 14.6. The number of allylic oxidation sites excluding steroid dienone is 4. The predicted octanol–water partition coefficient (Wildman–Crippen LogP) is 14.8. The summed E-state index contributed by atoms with van der Waals surface area (Å²) in [6, 6.07) is 70.5. The van der Waals surface area contributed by atoms with Crippen LogP contribution >= 0.6 is 0 Å². The Kier molecular flexibility index (Phi) is 12.2. The molecule has 0 aliphatic heterocycles. The molecule has 0 heterocycles. The summed E-state index contributed by atoms with van der Waals surface area (Å²) in [5.41, 5.74) is 11.7. The third-order valence-electron chi connectivity index (χ3n) is 10.7. The van der Waals surface area contributed by atoms with Crippen LogP contribution in [0.1, 0.15) is 13.8 Å². The second kappa shape index (κ2) is 18.7. The van der Waals surface area contributed by atoms with Gasteiger partial charge in [-0.05, 0) is 128 Å². The summed E-state index contributed by atoms with van der Waals surface area (Å²) in [6.07, 6.45) is 18.8. The van der Waals surface area contributed by atoms with Crippen molar-refractivity contribution in [2.75, 3.05) is 19.6 Å². The number of nitrogens with zero attached hydrogens (tertiary/aromatic N) is 4. The number of terminal acetylenes is 1. The zero-order chi connectivity index (χ0) is 41.1. The van der Waals surface area contributed by atoms with Crippen molar-refractivity contribution in [2.24, 2.45) is 5.92 Å². The summed E-state index contributed by atoms with van der Waals surface area (Å²) in [5.74, 6) is 2.92. The summed E-state index contributed by atoms with van der Waals surface area (Å²) >= 11 is 0. The van der Waals surface area contributed by atoms with E-state index in [9.17, 15) is 0 Å². The van der Waals surface area contributed by atoms with E-state index in [1.165, 1.54) is 0 Å². The molecule has 0 radical (unpaired) electrons. The summed E-state index contributed by atoms with van der Waals surface area (Å²) in [4.78, 5) is 9.28.